The Kier molecular flexibility index (Phi) is 3.85. The normalized spacial score (nSPS) is 14.8. The Balaban J connectivity index is 2.35. The summed E-state index contributed by atoms with van der Waals surface area (Å²) < 4.78 is 30.6. The molecule has 1 aliphatic rings. The third-order valence-electron chi connectivity index (χ3n) is 2.58. The number of rotatable bonds is 5. The molecule has 0 aliphatic heterocycles. The predicted molar refractivity (Wildman–Crippen MR) is 74.4 cm³/mol. The van der Waals surface area contributed by atoms with Gasteiger partial charge < -0.3 is 9.64 Å². The van der Waals surface area contributed by atoms with Crippen molar-refractivity contribution < 1.29 is 17.9 Å². The van der Waals surface area contributed by atoms with Crippen LogP contribution < -0.4 is 9.46 Å². The van der Waals surface area contributed by atoms with E-state index in [1.807, 2.05) is 0 Å². The van der Waals surface area contributed by atoms with E-state index >= 15 is 0 Å². The zero-order valence-corrected chi connectivity index (χ0v) is 12.4. The van der Waals surface area contributed by atoms with Crippen LogP contribution in [0.25, 0.3) is 0 Å². The molecule has 1 N–H and O–H groups in total. The van der Waals surface area contributed by atoms with E-state index in [2.05, 4.69) is 9.71 Å². The van der Waals surface area contributed by atoms with Crippen LogP contribution in [0.3, 0.4) is 0 Å². The molecule has 1 heterocycles. The number of amides is 1. The number of nitrogens with one attached hydrogen (secondary N) is 1. The second-order valence-electron chi connectivity index (χ2n) is 4.93. The van der Waals surface area contributed by atoms with Crippen LogP contribution in [0.4, 0.5) is 5.82 Å². The van der Waals surface area contributed by atoms with E-state index in [9.17, 15) is 13.2 Å². The summed E-state index contributed by atoms with van der Waals surface area (Å²) in [6, 6.07) is 3.09. The second kappa shape index (κ2) is 5.28. The lowest BCUT2D eigenvalue weighted by Crippen LogP contribution is -2.23. The van der Waals surface area contributed by atoms with Crippen molar-refractivity contribution in [3.05, 3.63) is 17.8 Å². The van der Waals surface area contributed by atoms with Gasteiger partial charge in [0, 0.05) is 14.1 Å². The highest BCUT2D eigenvalue weighted by molar-refractivity contribution is 7.92. The molecule has 0 radical (unpaired) electrons. The Morgan fingerprint density at radius 3 is 2.55 bits per heavy atom. The summed E-state index contributed by atoms with van der Waals surface area (Å²) in [5.41, 5.74) is 0.157. The van der Waals surface area contributed by atoms with Gasteiger partial charge in [-0.1, -0.05) is 0 Å². The van der Waals surface area contributed by atoms with Crippen LogP contribution in [0.2, 0.25) is 0 Å². The third-order valence-corrected chi connectivity index (χ3v) is 3.15. The van der Waals surface area contributed by atoms with Crippen molar-refractivity contribution >= 4 is 21.7 Å². The van der Waals surface area contributed by atoms with Gasteiger partial charge in [-0.3, -0.25) is 9.52 Å². The van der Waals surface area contributed by atoms with Crippen molar-refractivity contribution in [3.63, 3.8) is 0 Å². The van der Waals surface area contributed by atoms with Gasteiger partial charge >= 0.3 is 0 Å². The summed E-state index contributed by atoms with van der Waals surface area (Å²) >= 11 is 0. The number of ether oxygens (including phenoxy) is 1. The standard InChI is InChI=1S/C12H17N3O4S/c1-15(2)12(16)9-6-7-10(19-8-4-5-8)11(13-9)14-20(3,17)18/h6-8H,4-5H2,1-3H3,(H,13,14). The van der Waals surface area contributed by atoms with Crippen LogP contribution in [0.15, 0.2) is 12.1 Å². The fourth-order valence-corrected chi connectivity index (χ4v) is 2.00. The summed E-state index contributed by atoms with van der Waals surface area (Å²) in [5, 5.41) is 0. The van der Waals surface area contributed by atoms with Crippen molar-refractivity contribution in [1.82, 2.24) is 9.88 Å². The molecule has 1 aromatic heterocycles. The van der Waals surface area contributed by atoms with Gasteiger partial charge in [0.2, 0.25) is 10.0 Å². The molecule has 0 bridgehead atoms. The van der Waals surface area contributed by atoms with Crippen molar-refractivity contribution in [1.29, 1.82) is 0 Å². The lowest BCUT2D eigenvalue weighted by Gasteiger charge is -2.14. The Morgan fingerprint density at radius 1 is 1.40 bits per heavy atom. The Labute approximate surface area is 118 Å². The monoisotopic (exact) mass is 299 g/mol. The van der Waals surface area contributed by atoms with E-state index in [1.165, 1.54) is 11.0 Å². The van der Waals surface area contributed by atoms with E-state index in [0.717, 1.165) is 19.1 Å². The van der Waals surface area contributed by atoms with Crippen LogP contribution in [0.5, 0.6) is 5.75 Å². The zero-order chi connectivity index (χ0) is 14.9. The lowest BCUT2D eigenvalue weighted by molar-refractivity contribution is 0.0822. The first-order valence-electron chi connectivity index (χ1n) is 6.13. The predicted octanol–water partition coefficient (Wildman–Crippen LogP) is 0.696. The number of hydrogen-bond acceptors (Lipinski definition) is 5. The van der Waals surface area contributed by atoms with E-state index in [1.54, 1.807) is 20.2 Å². The van der Waals surface area contributed by atoms with Crippen LogP contribution in [0.1, 0.15) is 23.3 Å². The summed E-state index contributed by atoms with van der Waals surface area (Å²) in [7, 11) is -0.296. The topological polar surface area (TPSA) is 88.6 Å². The van der Waals surface area contributed by atoms with Crippen LogP contribution in [0, 0.1) is 0 Å². The molecule has 1 fully saturated rings. The molecule has 110 valence electrons. The maximum Gasteiger partial charge on any atom is 0.272 e. The minimum Gasteiger partial charge on any atom is -0.487 e. The highest BCUT2D eigenvalue weighted by Gasteiger charge is 2.26. The van der Waals surface area contributed by atoms with Gasteiger partial charge in [-0.15, -0.1) is 0 Å². The molecule has 2 rings (SSSR count). The number of sulfonamides is 1. The van der Waals surface area contributed by atoms with Gasteiger partial charge in [0.1, 0.15) is 5.69 Å². The molecule has 0 unspecified atom stereocenters. The van der Waals surface area contributed by atoms with Gasteiger partial charge in [0.15, 0.2) is 11.6 Å². The Morgan fingerprint density at radius 2 is 2.05 bits per heavy atom. The smallest absolute Gasteiger partial charge is 0.272 e. The van der Waals surface area contributed by atoms with E-state index in [4.69, 9.17) is 4.74 Å². The molecular formula is C12H17N3O4S. The molecule has 1 aliphatic carbocycles. The summed E-state index contributed by atoms with van der Waals surface area (Å²) in [5.74, 6) is 0.0832. The minimum absolute atomic E-state index is 0.0482. The SMILES string of the molecule is CN(C)C(=O)c1ccc(OC2CC2)c(NS(C)(=O)=O)n1. The number of carbonyl (C=O) groups is 1. The largest absolute Gasteiger partial charge is 0.487 e. The van der Waals surface area contributed by atoms with Crippen molar-refractivity contribution in [2.45, 2.75) is 18.9 Å². The number of anilines is 1. The number of pyridine rings is 1. The number of aromatic nitrogens is 1. The third kappa shape index (κ3) is 3.83. The average molecular weight is 299 g/mol. The van der Waals surface area contributed by atoms with Crippen LogP contribution in [-0.4, -0.2) is 50.7 Å². The molecule has 8 heteroatoms. The quantitative estimate of drug-likeness (QED) is 0.864. The maximum atomic E-state index is 11.9. The summed E-state index contributed by atoms with van der Waals surface area (Å²) in [4.78, 5) is 17.3. The second-order valence-corrected chi connectivity index (χ2v) is 6.68. The highest BCUT2D eigenvalue weighted by Crippen LogP contribution is 2.31. The molecular weight excluding hydrogens is 282 g/mol. The molecule has 1 amide bonds. The highest BCUT2D eigenvalue weighted by atomic mass is 32.2. The van der Waals surface area contributed by atoms with E-state index in [0.29, 0.717) is 5.75 Å². The molecule has 0 aromatic carbocycles. The maximum absolute atomic E-state index is 11.9. The molecule has 0 atom stereocenters. The Hall–Kier alpha value is -1.83. The number of hydrogen-bond donors (Lipinski definition) is 1. The average Bonchev–Trinajstić information content (AvgIpc) is 3.12. The zero-order valence-electron chi connectivity index (χ0n) is 11.6. The molecule has 0 spiro atoms. The summed E-state index contributed by atoms with van der Waals surface area (Å²) in [6.45, 7) is 0. The summed E-state index contributed by atoms with van der Waals surface area (Å²) in [6.07, 6.45) is 3.01. The van der Waals surface area contributed by atoms with Crippen molar-refractivity contribution in [2.24, 2.45) is 0 Å². The fourth-order valence-electron chi connectivity index (χ4n) is 1.50. The number of carbonyl (C=O) groups excluding carboxylic acids is 1. The molecule has 20 heavy (non-hydrogen) atoms. The van der Waals surface area contributed by atoms with Crippen LogP contribution in [-0.2, 0) is 10.0 Å². The molecule has 1 saturated carbocycles. The fraction of sp³-hybridized carbons (Fsp3) is 0.500. The van der Waals surface area contributed by atoms with Gasteiger partial charge in [-0.05, 0) is 25.0 Å². The van der Waals surface area contributed by atoms with Crippen molar-refractivity contribution in [2.75, 3.05) is 25.1 Å². The van der Waals surface area contributed by atoms with Gasteiger partial charge in [-0.2, -0.15) is 0 Å². The number of nitrogens with zero attached hydrogens (tertiary/aromatic N) is 2. The van der Waals surface area contributed by atoms with Crippen LogP contribution >= 0.6 is 0 Å². The van der Waals surface area contributed by atoms with E-state index in [-0.39, 0.29) is 23.5 Å². The van der Waals surface area contributed by atoms with Crippen molar-refractivity contribution in [3.8, 4) is 5.75 Å². The minimum atomic E-state index is -3.50. The first-order chi connectivity index (χ1) is 9.26. The van der Waals surface area contributed by atoms with Gasteiger partial charge in [0.25, 0.3) is 5.91 Å². The molecule has 0 saturated heterocycles. The van der Waals surface area contributed by atoms with Gasteiger partial charge in [0.05, 0.1) is 12.4 Å². The van der Waals surface area contributed by atoms with E-state index < -0.39 is 10.0 Å². The molecule has 7 nitrogen and oxygen atoms in total. The lowest BCUT2D eigenvalue weighted by atomic mass is 10.3. The Bertz CT molecular complexity index is 624. The van der Waals surface area contributed by atoms with Gasteiger partial charge in [-0.25, -0.2) is 13.4 Å². The first kappa shape index (κ1) is 14.6. The first-order valence-corrected chi connectivity index (χ1v) is 8.02. The molecule has 1 aromatic rings.